The largest absolute Gasteiger partial charge is 0.299 e. The lowest BCUT2D eigenvalue weighted by molar-refractivity contribution is -0.573. The molecule has 3 unspecified atom stereocenters. The maximum Gasteiger partial charge on any atom is 0.220 e. The van der Waals surface area contributed by atoms with Crippen LogP contribution in [-0.4, -0.2) is 16.2 Å². The van der Waals surface area contributed by atoms with Crippen LogP contribution in [0.15, 0.2) is 12.2 Å². The van der Waals surface area contributed by atoms with E-state index in [1.165, 1.54) is 0 Å². The SMILES string of the molecule is CC(C)(C1CC(=O)C2C1[C@H]1C=C[C@@H]2C1)[N+](=O)[O-]. The van der Waals surface area contributed by atoms with Crippen LogP contribution >= 0.6 is 0 Å². The molecule has 3 aliphatic carbocycles. The first-order valence-corrected chi connectivity index (χ1v) is 6.28. The number of fused-ring (bicyclic) bond motifs is 5. The van der Waals surface area contributed by atoms with E-state index in [0.29, 0.717) is 18.3 Å². The van der Waals surface area contributed by atoms with Crippen molar-refractivity contribution in [2.24, 2.45) is 29.6 Å². The van der Waals surface area contributed by atoms with Crippen LogP contribution in [0.4, 0.5) is 0 Å². The molecule has 4 nitrogen and oxygen atoms in total. The zero-order valence-electron chi connectivity index (χ0n) is 10.1. The van der Waals surface area contributed by atoms with Crippen molar-refractivity contribution in [2.75, 3.05) is 0 Å². The van der Waals surface area contributed by atoms with Crippen molar-refractivity contribution in [2.45, 2.75) is 32.2 Å². The molecular formula is C13H17NO3. The molecule has 0 radical (unpaired) electrons. The Kier molecular flexibility index (Phi) is 2.04. The highest BCUT2D eigenvalue weighted by Crippen LogP contribution is 2.58. The molecule has 4 heteroatoms. The van der Waals surface area contributed by atoms with Crippen LogP contribution in [0.3, 0.4) is 0 Å². The molecule has 0 N–H and O–H groups in total. The van der Waals surface area contributed by atoms with Gasteiger partial charge < -0.3 is 0 Å². The van der Waals surface area contributed by atoms with Gasteiger partial charge in [0, 0.05) is 37.0 Å². The van der Waals surface area contributed by atoms with Gasteiger partial charge in [0.25, 0.3) is 0 Å². The summed E-state index contributed by atoms with van der Waals surface area (Å²) in [5.41, 5.74) is -0.979. The van der Waals surface area contributed by atoms with E-state index in [-0.39, 0.29) is 28.5 Å². The number of nitro groups is 1. The number of ketones is 1. The summed E-state index contributed by atoms with van der Waals surface area (Å²) < 4.78 is 0. The van der Waals surface area contributed by atoms with Crippen molar-refractivity contribution in [1.82, 2.24) is 0 Å². The Hall–Kier alpha value is -1.19. The summed E-state index contributed by atoms with van der Waals surface area (Å²) in [6.45, 7) is 3.34. The van der Waals surface area contributed by atoms with E-state index in [2.05, 4.69) is 12.2 Å². The van der Waals surface area contributed by atoms with E-state index >= 15 is 0 Å². The number of carbonyl (C=O) groups is 1. The number of Topliss-reactive ketones (excluding diaryl/α,β-unsaturated/α-hetero) is 1. The average molecular weight is 235 g/mol. The quantitative estimate of drug-likeness (QED) is 0.418. The van der Waals surface area contributed by atoms with Crippen molar-refractivity contribution < 1.29 is 9.72 Å². The predicted octanol–water partition coefficient (Wildman–Crippen LogP) is 2.07. The van der Waals surface area contributed by atoms with Gasteiger partial charge in [0.05, 0.1) is 0 Å². The molecule has 5 atom stereocenters. The summed E-state index contributed by atoms with van der Waals surface area (Å²) in [4.78, 5) is 23.0. The van der Waals surface area contributed by atoms with Gasteiger partial charge in [-0.25, -0.2) is 0 Å². The Morgan fingerprint density at radius 3 is 2.65 bits per heavy atom. The number of nitrogens with zero attached hydrogens (tertiary/aromatic N) is 1. The zero-order valence-corrected chi connectivity index (χ0v) is 10.1. The molecule has 0 aliphatic heterocycles. The molecule has 3 rings (SSSR count). The Bertz CT molecular complexity index is 426. The fourth-order valence-corrected chi connectivity index (χ4v) is 4.21. The van der Waals surface area contributed by atoms with Gasteiger partial charge in [-0.2, -0.15) is 0 Å². The van der Waals surface area contributed by atoms with E-state index in [4.69, 9.17) is 0 Å². The molecule has 0 saturated heterocycles. The molecular weight excluding hydrogens is 218 g/mol. The van der Waals surface area contributed by atoms with Crippen LogP contribution in [0.1, 0.15) is 26.7 Å². The van der Waals surface area contributed by atoms with Gasteiger partial charge in [-0.05, 0) is 24.2 Å². The van der Waals surface area contributed by atoms with Gasteiger partial charge in [0.2, 0.25) is 5.54 Å². The van der Waals surface area contributed by atoms with Crippen molar-refractivity contribution in [3.8, 4) is 0 Å². The normalized spacial score (nSPS) is 43.2. The third-order valence-electron chi connectivity index (χ3n) is 5.16. The van der Waals surface area contributed by atoms with Crippen molar-refractivity contribution in [3.05, 3.63) is 22.3 Å². The Balaban J connectivity index is 1.97. The van der Waals surface area contributed by atoms with Gasteiger partial charge in [-0.15, -0.1) is 0 Å². The fourth-order valence-electron chi connectivity index (χ4n) is 4.21. The molecule has 2 saturated carbocycles. The fraction of sp³-hybridized carbons (Fsp3) is 0.769. The van der Waals surface area contributed by atoms with Crippen molar-refractivity contribution in [1.29, 1.82) is 0 Å². The van der Waals surface area contributed by atoms with E-state index in [1.54, 1.807) is 13.8 Å². The molecule has 2 fully saturated rings. The number of hydrogen-bond donors (Lipinski definition) is 0. The molecule has 0 amide bonds. The molecule has 0 aromatic carbocycles. The summed E-state index contributed by atoms with van der Waals surface area (Å²) in [5, 5.41) is 11.2. The smallest absolute Gasteiger partial charge is 0.220 e. The van der Waals surface area contributed by atoms with Gasteiger partial charge in [0.15, 0.2) is 0 Å². The molecule has 3 aliphatic rings. The minimum absolute atomic E-state index is 0.0780. The van der Waals surface area contributed by atoms with E-state index in [1.807, 2.05) is 0 Å². The Morgan fingerprint density at radius 1 is 1.35 bits per heavy atom. The summed E-state index contributed by atoms with van der Waals surface area (Å²) in [7, 11) is 0. The monoisotopic (exact) mass is 235 g/mol. The minimum atomic E-state index is -0.979. The third kappa shape index (κ3) is 1.27. The molecule has 0 heterocycles. The molecule has 0 spiro atoms. The first kappa shape index (κ1) is 10.9. The standard InChI is InChI=1S/C13H17NO3/c1-13(2,14(16)17)9-6-10(15)12-8-4-3-7(5-8)11(9)12/h3-4,7-9,11-12H,5-6H2,1-2H3/t7-,8+,9?,11?,12?/m0/s1. The number of carbonyl (C=O) groups excluding carboxylic acids is 1. The van der Waals surface area contributed by atoms with Crippen LogP contribution in [0.5, 0.6) is 0 Å². The number of allylic oxidation sites excluding steroid dienone is 2. The Morgan fingerprint density at radius 2 is 2.00 bits per heavy atom. The maximum absolute atomic E-state index is 12.1. The highest BCUT2D eigenvalue weighted by molar-refractivity contribution is 5.85. The maximum atomic E-state index is 12.1. The lowest BCUT2D eigenvalue weighted by Crippen LogP contribution is -2.43. The second kappa shape index (κ2) is 3.18. The predicted molar refractivity (Wildman–Crippen MR) is 61.9 cm³/mol. The second-order valence-electron chi connectivity index (χ2n) is 6.24. The second-order valence-corrected chi connectivity index (χ2v) is 6.24. The first-order valence-electron chi connectivity index (χ1n) is 6.28. The number of hydrogen-bond acceptors (Lipinski definition) is 3. The zero-order chi connectivity index (χ0) is 12.4. The van der Waals surface area contributed by atoms with Crippen LogP contribution in [-0.2, 0) is 4.79 Å². The van der Waals surface area contributed by atoms with Gasteiger partial charge in [-0.1, -0.05) is 12.2 Å². The van der Waals surface area contributed by atoms with Crippen molar-refractivity contribution >= 4 is 5.78 Å². The highest BCUT2D eigenvalue weighted by Gasteiger charge is 2.61. The molecule has 2 bridgehead atoms. The summed E-state index contributed by atoms with van der Waals surface area (Å²) in [6, 6.07) is 0. The van der Waals surface area contributed by atoms with E-state index < -0.39 is 5.54 Å². The topological polar surface area (TPSA) is 60.2 Å². The van der Waals surface area contributed by atoms with Crippen LogP contribution < -0.4 is 0 Å². The lowest BCUT2D eigenvalue weighted by Gasteiger charge is -2.30. The summed E-state index contributed by atoms with van der Waals surface area (Å²) in [5.74, 6) is 1.24. The van der Waals surface area contributed by atoms with Gasteiger partial charge >= 0.3 is 0 Å². The van der Waals surface area contributed by atoms with Gasteiger partial charge in [-0.3, -0.25) is 14.9 Å². The Labute approximate surface area is 100 Å². The van der Waals surface area contributed by atoms with Crippen LogP contribution in [0.2, 0.25) is 0 Å². The molecule has 17 heavy (non-hydrogen) atoms. The average Bonchev–Trinajstić information content (AvgIpc) is 2.89. The molecule has 92 valence electrons. The van der Waals surface area contributed by atoms with E-state index in [0.717, 1.165) is 6.42 Å². The third-order valence-corrected chi connectivity index (χ3v) is 5.16. The molecule has 0 aromatic rings. The van der Waals surface area contributed by atoms with Crippen LogP contribution in [0.25, 0.3) is 0 Å². The highest BCUT2D eigenvalue weighted by atomic mass is 16.6. The lowest BCUT2D eigenvalue weighted by atomic mass is 9.73. The van der Waals surface area contributed by atoms with E-state index in [9.17, 15) is 14.9 Å². The molecule has 0 aromatic heterocycles. The summed E-state index contributed by atoms with van der Waals surface area (Å²) >= 11 is 0. The number of rotatable bonds is 2. The van der Waals surface area contributed by atoms with Crippen molar-refractivity contribution in [3.63, 3.8) is 0 Å². The van der Waals surface area contributed by atoms with Crippen LogP contribution in [0, 0.1) is 39.7 Å². The first-order chi connectivity index (χ1) is 7.93. The summed E-state index contributed by atoms with van der Waals surface area (Å²) in [6.07, 6.45) is 5.75. The van der Waals surface area contributed by atoms with Gasteiger partial charge in [0.1, 0.15) is 5.78 Å². The minimum Gasteiger partial charge on any atom is -0.299 e.